The molecule has 0 fully saturated rings. The van der Waals surface area contributed by atoms with Gasteiger partial charge in [-0.1, -0.05) is 0 Å². The van der Waals surface area contributed by atoms with Crippen LogP contribution in [0.5, 0.6) is 11.5 Å². The molecule has 0 radical (unpaired) electrons. The maximum absolute atomic E-state index is 5.69. The van der Waals surface area contributed by atoms with Gasteiger partial charge in [0.1, 0.15) is 11.5 Å². The van der Waals surface area contributed by atoms with Crippen LogP contribution in [0, 0.1) is 0 Å². The van der Waals surface area contributed by atoms with E-state index in [-0.39, 0.29) is 6.79 Å². The Bertz CT molecular complexity index is 289. The number of anilines is 1. The first-order valence-electron chi connectivity index (χ1n) is 4.42. The molecule has 2 N–H and O–H groups in total. The summed E-state index contributed by atoms with van der Waals surface area (Å²) >= 11 is 0. The van der Waals surface area contributed by atoms with Gasteiger partial charge in [-0.2, -0.15) is 0 Å². The molecule has 0 atom stereocenters. The highest BCUT2D eigenvalue weighted by Gasteiger charge is 2.00. The van der Waals surface area contributed by atoms with Gasteiger partial charge in [-0.3, -0.25) is 0 Å². The van der Waals surface area contributed by atoms with Crippen LogP contribution in [-0.2, 0) is 4.74 Å². The summed E-state index contributed by atoms with van der Waals surface area (Å²) in [5.41, 5.74) is 6.25. The SMILES string of the molecule is CCOCOc1ccc(OC)c(N)c1. The lowest BCUT2D eigenvalue weighted by atomic mass is 10.3. The molecule has 1 aromatic rings. The maximum atomic E-state index is 5.69. The topological polar surface area (TPSA) is 53.7 Å². The summed E-state index contributed by atoms with van der Waals surface area (Å²) in [4.78, 5) is 0. The smallest absolute Gasteiger partial charge is 0.189 e. The van der Waals surface area contributed by atoms with Gasteiger partial charge in [0, 0.05) is 12.7 Å². The lowest BCUT2D eigenvalue weighted by Crippen LogP contribution is -2.02. The zero-order chi connectivity index (χ0) is 10.4. The molecule has 1 rings (SSSR count). The first kappa shape index (κ1) is 10.7. The predicted molar refractivity (Wildman–Crippen MR) is 54.5 cm³/mol. The van der Waals surface area contributed by atoms with Gasteiger partial charge in [-0.05, 0) is 19.1 Å². The van der Waals surface area contributed by atoms with Crippen LogP contribution >= 0.6 is 0 Å². The Hall–Kier alpha value is -1.42. The Labute approximate surface area is 83.6 Å². The van der Waals surface area contributed by atoms with E-state index in [2.05, 4.69) is 0 Å². The minimum Gasteiger partial charge on any atom is -0.495 e. The normalized spacial score (nSPS) is 9.86. The summed E-state index contributed by atoms with van der Waals surface area (Å²) in [7, 11) is 1.58. The van der Waals surface area contributed by atoms with E-state index in [1.54, 1.807) is 25.3 Å². The van der Waals surface area contributed by atoms with Crippen molar-refractivity contribution >= 4 is 5.69 Å². The summed E-state index contributed by atoms with van der Waals surface area (Å²) in [6, 6.07) is 5.25. The molecule has 0 amide bonds. The van der Waals surface area contributed by atoms with Crippen LogP contribution in [0.3, 0.4) is 0 Å². The standard InChI is InChI=1S/C10H15NO3/c1-3-13-7-14-8-4-5-10(12-2)9(11)6-8/h4-6H,3,7,11H2,1-2H3. The minimum absolute atomic E-state index is 0.238. The first-order chi connectivity index (χ1) is 6.77. The summed E-state index contributed by atoms with van der Waals surface area (Å²) < 4.78 is 15.3. The van der Waals surface area contributed by atoms with Crippen LogP contribution in [0.1, 0.15) is 6.92 Å². The molecule has 0 aliphatic carbocycles. The van der Waals surface area contributed by atoms with E-state index in [9.17, 15) is 0 Å². The summed E-state index contributed by atoms with van der Waals surface area (Å²) in [6.45, 7) is 2.78. The average molecular weight is 197 g/mol. The van der Waals surface area contributed by atoms with Gasteiger partial charge >= 0.3 is 0 Å². The summed E-state index contributed by atoms with van der Waals surface area (Å²) in [5.74, 6) is 1.32. The summed E-state index contributed by atoms with van der Waals surface area (Å²) in [5, 5.41) is 0. The van der Waals surface area contributed by atoms with Crippen LogP contribution in [0.25, 0.3) is 0 Å². The van der Waals surface area contributed by atoms with Crippen molar-refractivity contribution in [3.8, 4) is 11.5 Å². The van der Waals surface area contributed by atoms with E-state index in [1.165, 1.54) is 0 Å². The van der Waals surface area contributed by atoms with Gasteiger partial charge in [-0.15, -0.1) is 0 Å². The van der Waals surface area contributed by atoms with Crippen molar-refractivity contribution in [3.05, 3.63) is 18.2 Å². The third-order valence-corrected chi connectivity index (χ3v) is 1.71. The third kappa shape index (κ3) is 2.81. The van der Waals surface area contributed by atoms with Crippen LogP contribution in [0.15, 0.2) is 18.2 Å². The Morgan fingerprint density at radius 1 is 1.36 bits per heavy atom. The molecule has 0 heterocycles. The molecule has 1 aromatic carbocycles. The fraction of sp³-hybridized carbons (Fsp3) is 0.400. The van der Waals surface area contributed by atoms with Crippen molar-refractivity contribution in [2.75, 3.05) is 26.2 Å². The maximum Gasteiger partial charge on any atom is 0.189 e. The molecule has 4 heteroatoms. The number of nitrogen functional groups attached to an aromatic ring is 1. The molecule has 0 spiro atoms. The average Bonchev–Trinajstić information content (AvgIpc) is 2.18. The molecular weight excluding hydrogens is 182 g/mol. The lowest BCUT2D eigenvalue weighted by molar-refractivity contribution is 0.0224. The van der Waals surface area contributed by atoms with Gasteiger partial charge in [0.2, 0.25) is 0 Å². The molecule has 0 aliphatic rings. The number of nitrogens with two attached hydrogens (primary N) is 1. The van der Waals surface area contributed by atoms with Crippen LogP contribution in [0.2, 0.25) is 0 Å². The number of hydrogen-bond donors (Lipinski definition) is 1. The van der Waals surface area contributed by atoms with Crippen molar-refractivity contribution in [2.45, 2.75) is 6.92 Å². The fourth-order valence-corrected chi connectivity index (χ4v) is 0.995. The molecule has 14 heavy (non-hydrogen) atoms. The second kappa shape index (κ2) is 5.34. The number of ether oxygens (including phenoxy) is 3. The highest BCUT2D eigenvalue weighted by Crippen LogP contribution is 2.25. The largest absolute Gasteiger partial charge is 0.495 e. The zero-order valence-corrected chi connectivity index (χ0v) is 8.45. The Morgan fingerprint density at radius 3 is 2.71 bits per heavy atom. The molecule has 78 valence electrons. The molecule has 0 aliphatic heterocycles. The molecule has 0 saturated heterocycles. The van der Waals surface area contributed by atoms with Crippen molar-refractivity contribution in [2.24, 2.45) is 0 Å². The van der Waals surface area contributed by atoms with Crippen LogP contribution in [-0.4, -0.2) is 20.5 Å². The Kier molecular flexibility index (Phi) is 4.07. The molecule has 0 unspecified atom stereocenters. The van der Waals surface area contributed by atoms with Crippen molar-refractivity contribution in [1.82, 2.24) is 0 Å². The summed E-state index contributed by atoms with van der Waals surface area (Å²) in [6.07, 6.45) is 0. The van der Waals surface area contributed by atoms with Gasteiger partial charge in [0.15, 0.2) is 6.79 Å². The number of hydrogen-bond acceptors (Lipinski definition) is 4. The van der Waals surface area contributed by atoms with Gasteiger partial charge < -0.3 is 19.9 Å². The number of rotatable bonds is 5. The first-order valence-corrected chi connectivity index (χ1v) is 4.42. The third-order valence-electron chi connectivity index (χ3n) is 1.71. The predicted octanol–water partition coefficient (Wildman–Crippen LogP) is 1.65. The van der Waals surface area contributed by atoms with Gasteiger partial charge in [0.05, 0.1) is 12.8 Å². The van der Waals surface area contributed by atoms with E-state index in [0.717, 1.165) is 0 Å². The molecule has 0 bridgehead atoms. The molecular formula is C10H15NO3. The molecule has 0 aromatic heterocycles. The number of methoxy groups -OCH3 is 1. The lowest BCUT2D eigenvalue weighted by Gasteiger charge is -2.08. The highest BCUT2D eigenvalue weighted by molar-refractivity contribution is 5.55. The van der Waals surface area contributed by atoms with Crippen molar-refractivity contribution < 1.29 is 14.2 Å². The van der Waals surface area contributed by atoms with Crippen molar-refractivity contribution in [3.63, 3.8) is 0 Å². The van der Waals surface area contributed by atoms with Gasteiger partial charge in [0.25, 0.3) is 0 Å². The molecule has 4 nitrogen and oxygen atoms in total. The zero-order valence-electron chi connectivity index (χ0n) is 8.45. The Morgan fingerprint density at radius 2 is 2.14 bits per heavy atom. The van der Waals surface area contributed by atoms with E-state index in [1.807, 2.05) is 6.92 Å². The van der Waals surface area contributed by atoms with E-state index in [4.69, 9.17) is 19.9 Å². The second-order valence-corrected chi connectivity index (χ2v) is 2.66. The van der Waals surface area contributed by atoms with Crippen LogP contribution < -0.4 is 15.2 Å². The van der Waals surface area contributed by atoms with Crippen molar-refractivity contribution in [1.29, 1.82) is 0 Å². The van der Waals surface area contributed by atoms with Crippen LogP contribution in [0.4, 0.5) is 5.69 Å². The van der Waals surface area contributed by atoms with E-state index in [0.29, 0.717) is 23.8 Å². The minimum atomic E-state index is 0.238. The van der Waals surface area contributed by atoms with Gasteiger partial charge in [-0.25, -0.2) is 0 Å². The second-order valence-electron chi connectivity index (χ2n) is 2.66. The van der Waals surface area contributed by atoms with E-state index < -0.39 is 0 Å². The number of benzene rings is 1. The molecule has 0 saturated carbocycles. The fourth-order valence-electron chi connectivity index (χ4n) is 0.995. The Balaban J connectivity index is 2.57. The monoisotopic (exact) mass is 197 g/mol. The highest BCUT2D eigenvalue weighted by atomic mass is 16.7. The van der Waals surface area contributed by atoms with E-state index >= 15 is 0 Å². The quantitative estimate of drug-likeness (QED) is 0.443.